The maximum atomic E-state index is 13.5. The second kappa shape index (κ2) is 12.5. The number of aliphatic hydroxyl groups excluding tert-OH is 1. The molecule has 0 spiro atoms. The van der Waals surface area contributed by atoms with Gasteiger partial charge in [-0.3, -0.25) is 9.59 Å². The van der Waals surface area contributed by atoms with Crippen molar-refractivity contribution < 1.29 is 19.1 Å². The fourth-order valence-electron chi connectivity index (χ4n) is 3.65. The predicted octanol–water partition coefficient (Wildman–Crippen LogP) is 4.03. The minimum atomic E-state index is -0.849. The molecular formula is C27H29FN2O3. The fourth-order valence-corrected chi connectivity index (χ4v) is 3.65. The van der Waals surface area contributed by atoms with E-state index >= 15 is 0 Å². The summed E-state index contributed by atoms with van der Waals surface area (Å²) in [5, 5.41) is 11.9. The number of aryl methyl sites for hydroxylation is 1. The Bertz CT molecular complexity index is 1010. The first-order valence-electron chi connectivity index (χ1n) is 11.1. The van der Waals surface area contributed by atoms with Crippen molar-refractivity contribution in [3.05, 3.63) is 107 Å². The predicted molar refractivity (Wildman–Crippen MR) is 126 cm³/mol. The Balaban J connectivity index is 1.90. The molecule has 0 aliphatic heterocycles. The minimum Gasteiger partial charge on any atom is -0.396 e. The largest absolute Gasteiger partial charge is 0.396 e. The van der Waals surface area contributed by atoms with Gasteiger partial charge in [0, 0.05) is 26.1 Å². The van der Waals surface area contributed by atoms with E-state index < -0.39 is 6.04 Å². The van der Waals surface area contributed by atoms with Crippen LogP contribution in [0.2, 0.25) is 0 Å². The number of nitrogens with one attached hydrogen (secondary N) is 1. The van der Waals surface area contributed by atoms with Crippen molar-refractivity contribution in [3.63, 3.8) is 0 Å². The normalized spacial score (nSPS) is 11.6. The molecule has 0 fully saturated rings. The summed E-state index contributed by atoms with van der Waals surface area (Å²) < 4.78 is 13.5. The third-order valence-electron chi connectivity index (χ3n) is 5.37. The second-order valence-corrected chi connectivity index (χ2v) is 7.82. The van der Waals surface area contributed by atoms with Crippen LogP contribution in [0.5, 0.6) is 0 Å². The quantitative estimate of drug-likeness (QED) is 0.435. The molecule has 2 N–H and O–H groups in total. The highest BCUT2D eigenvalue weighted by molar-refractivity contribution is 5.88. The number of aliphatic hydroxyl groups is 1. The van der Waals surface area contributed by atoms with Crippen LogP contribution in [-0.2, 0) is 22.6 Å². The smallest absolute Gasteiger partial charge is 0.247 e. The summed E-state index contributed by atoms with van der Waals surface area (Å²) in [6.45, 7) is 0.438. The van der Waals surface area contributed by atoms with Crippen molar-refractivity contribution >= 4 is 11.8 Å². The number of halogens is 1. The highest BCUT2D eigenvalue weighted by Gasteiger charge is 2.31. The summed E-state index contributed by atoms with van der Waals surface area (Å²) in [6, 6.07) is 24.0. The third-order valence-corrected chi connectivity index (χ3v) is 5.37. The Morgan fingerprint density at radius 3 is 2.15 bits per heavy atom. The molecule has 1 atom stereocenters. The van der Waals surface area contributed by atoms with Crippen molar-refractivity contribution in [1.82, 2.24) is 10.2 Å². The average molecular weight is 449 g/mol. The van der Waals surface area contributed by atoms with Gasteiger partial charge in [0.1, 0.15) is 11.9 Å². The molecule has 33 heavy (non-hydrogen) atoms. The zero-order valence-electron chi connectivity index (χ0n) is 18.5. The van der Waals surface area contributed by atoms with Gasteiger partial charge >= 0.3 is 0 Å². The molecule has 0 saturated heterocycles. The molecule has 2 amide bonds. The van der Waals surface area contributed by atoms with Crippen LogP contribution < -0.4 is 5.32 Å². The lowest BCUT2D eigenvalue weighted by atomic mass is 10.0. The van der Waals surface area contributed by atoms with Gasteiger partial charge in [0.15, 0.2) is 0 Å². The van der Waals surface area contributed by atoms with E-state index in [-0.39, 0.29) is 37.2 Å². The van der Waals surface area contributed by atoms with Gasteiger partial charge < -0.3 is 15.3 Å². The van der Waals surface area contributed by atoms with Crippen molar-refractivity contribution in [2.75, 3.05) is 13.2 Å². The minimum absolute atomic E-state index is 0.0361. The summed E-state index contributed by atoms with van der Waals surface area (Å²) in [5.41, 5.74) is 2.46. The summed E-state index contributed by atoms with van der Waals surface area (Å²) in [6.07, 6.45) is 1.21. The van der Waals surface area contributed by atoms with Gasteiger partial charge in [-0.2, -0.15) is 0 Å². The first-order valence-corrected chi connectivity index (χ1v) is 11.1. The third kappa shape index (κ3) is 7.26. The van der Waals surface area contributed by atoms with Gasteiger partial charge in [-0.25, -0.2) is 4.39 Å². The van der Waals surface area contributed by atoms with Crippen molar-refractivity contribution in [2.45, 2.75) is 31.8 Å². The molecule has 0 heterocycles. The molecule has 0 saturated carbocycles. The molecule has 0 aliphatic carbocycles. The molecule has 0 bridgehead atoms. The number of benzene rings is 3. The van der Waals surface area contributed by atoms with Crippen LogP contribution in [0.3, 0.4) is 0 Å². The Morgan fingerprint density at radius 2 is 1.52 bits per heavy atom. The Hall–Kier alpha value is -3.51. The van der Waals surface area contributed by atoms with E-state index in [1.54, 1.807) is 17.0 Å². The molecule has 3 rings (SSSR count). The Labute approximate surface area is 193 Å². The summed E-state index contributed by atoms with van der Waals surface area (Å²) >= 11 is 0. The maximum Gasteiger partial charge on any atom is 0.247 e. The standard InChI is InChI=1S/C27H29FN2O3/c28-24-15-12-22(13-16-24)20-30(25(32)17-14-21-8-3-1-4-9-21)26(23-10-5-2-6-11-23)27(33)29-18-7-19-31/h1-6,8-13,15-16,26,31H,7,14,17-20H2,(H,29,33)/t26-/m0/s1. The van der Waals surface area contributed by atoms with Crippen LogP contribution >= 0.6 is 0 Å². The lowest BCUT2D eigenvalue weighted by molar-refractivity contribution is -0.141. The van der Waals surface area contributed by atoms with Gasteiger partial charge in [0.05, 0.1) is 0 Å². The molecule has 3 aromatic carbocycles. The van der Waals surface area contributed by atoms with E-state index in [1.807, 2.05) is 60.7 Å². The van der Waals surface area contributed by atoms with Crippen LogP contribution in [0.15, 0.2) is 84.9 Å². The van der Waals surface area contributed by atoms with E-state index in [9.17, 15) is 14.0 Å². The van der Waals surface area contributed by atoms with E-state index in [1.165, 1.54) is 12.1 Å². The molecule has 0 aromatic heterocycles. The highest BCUT2D eigenvalue weighted by atomic mass is 19.1. The van der Waals surface area contributed by atoms with Crippen LogP contribution in [0.25, 0.3) is 0 Å². The van der Waals surface area contributed by atoms with E-state index in [2.05, 4.69) is 5.32 Å². The number of carbonyl (C=O) groups excluding carboxylic acids is 2. The second-order valence-electron chi connectivity index (χ2n) is 7.82. The average Bonchev–Trinajstić information content (AvgIpc) is 2.85. The van der Waals surface area contributed by atoms with Crippen LogP contribution in [0.1, 0.15) is 35.6 Å². The maximum absolute atomic E-state index is 13.5. The number of hydrogen-bond acceptors (Lipinski definition) is 3. The molecule has 0 aliphatic rings. The highest BCUT2D eigenvalue weighted by Crippen LogP contribution is 2.25. The number of rotatable bonds is 11. The molecule has 0 radical (unpaired) electrons. The Morgan fingerprint density at radius 1 is 0.879 bits per heavy atom. The first kappa shape index (κ1) is 24.1. The fraction of sp³-hybridized carbons (Fsp3) is 0.259. The van der Waals surface area contributed by atoms with E-state index in [0.717, 1.165) is 11.1 Å². The van der Waals surface area contributed by atoms with Crippen molar-refractivity contribution in [1.29, 1.82) is 0 Å². The number of amides is 2. The zero-order chi connectivity index (χ0) is 23.5. The number of carbonyl (C=O) groups is 2. The summed E-state index contributed by atoms with van der Waals surface area (Å²) in [4.78, 5) is 28.3. The molecule has 6 heteroatoms. The lowest BCUT2D eigenvalue weighted by Gasteiger charge is -2.32. The SMILES string of the molecule is O=C(NCCCO)[C@H](c1ccccc1)N(Cc1ccc(F)cc1)C(=O)CCc1ccccc1. The molecule has 5 nitrogen and oxygen atoms in total. The Kier molecular flexibility index (Phi) is 9.15. The van der Waals surface area contributed by atoms with E-state index in [0.29, 0.717) is 24.9 Å². The van der Waals surface area contributed by atoms with Crippen LogP contribution in [0.4, 0.5) is 4.39 Å². The molecule has 172 valence electrons. The number of hydrogen-bond donors (Lipinski definition) is 2. The lowest BCUT2D eigenvalue weighted by Crippen LogP contribution is -2.43. The van der Waals surface area contributed by atoms with E-state index in [4.69, 9.17) is 5.11 Å². The zero-order valence-corrected chi connectivity index (χ0v) is 18.5. The van der Waals surface area contributed by atoms with Crippen LogP contribution in [0, 0.1) is 5.82 Å². The molecule has 3 aromatic rings. The van der Waals surface area contributed by atoms with Crippen LogP contribution in [-0.4, -0.2) is 35.0 Å². The van der Waals surface area contributed by atoms with Gasteiger partial charge in [-0.05, 0) is 41.7 Å². The first-order chi connectivity index (χ1) is 16.1. The van der Waals surface area contributed by atoms with Crippen molar-refractivity contribution in [2.24, 2.45) is 0 Å². The van der Waals surface area contributed by atoms with Gasteiger partial charge in [-0.15, -0.1) is 0 Å². The summed E-state index contributed by atoms with van der Waals surface area (Å²) in [7, 11) is 0. The van der Waals surface area contributed by atoms with Gasteiger partial charge in [0.25, 0.3) is 0 Å². The number of nitrogens with zero attached hydrogens (tertiary/aromatic N) is 1. The topological polar surface area (TPSA) is 69.6 Å². The monoisotopic (exact) mass is 448 g/mol. The molecular weight excluding hydrogens is 419 g/mol. The van der Waals surface area contributed by atoms with Gasteiger partial charge in [-0.1, -0.05) is 72.8 Å². The summed E-state index contributed by atoms with van der Waals surface area (Å²) in [5.74, 6) is -0.846. The van der Waals surface area contributed by atoms with Gasteiger partial charge in [0.2, 0.25) is 11.8 Å². The molecule has 0 unspecified atom stereocenters. The van der Waals surface area contributed by atoms with Crippen molar-refractivity contribution in [3.8, 4) is 0 Å².